The molecule has 0 fully saturated rings. The first-order valence-corrected chi connectivity index (χ1v) is 9.06. The van der Waals surface area contributed by atoms with Crippen LogP contribution in [-0.2, 0) is 13.9 Å². The average molecular weight is 362 g/mol. The molecule has 132 valence electrons. The second kappa shape index (κ2) is 8.34. The van der Waals surface area contributed by atoms with Crippen molar-refractivity contribution in [3.63, 3.8) is 0 Å². The molecule has 0 aliphatic carbocycles. The number of hydrogen-bond donors (Lipinski definition) is 3. The Balaban J connectivity index is 2.40. The van der Waals surface area contributed by atoms with E-state index < -0.39 is 26.3 Å². The summed E-state index contributed by atoms with van der Waals surface area (Å²) in [6.07, 6.45) is -1.67. The smallest absolute Gasteiger partial charge is 0.382 e. The van der Waals surface area contributed by atoms with Crippen molar-refractivity contribution in [1.82, 2.24) is 0 Å². The molecule has 1 atom stereocenters. The molecular formula is C18H19O6P. The highest BCUT2D eigenvalue weighted by molar-refractivity contribution is 7.46. The highest BCUT2D eigenvalue weighted by atomic mass is 31.2. The maximum atomic E-state index is 12.5. The highest BCUT2D eigenvalue weighted by Gasteiger charge is 2.24. The average Bonchev–Trinajstić information content (AvgIpc) is 2.60. The van der Waals surface area contributed by atoms with E-state index in [-0.39, 0.29) is 5.57 Å². The van der Waals surface area contributed by atoms with Gasteiger partial charge in [-0.15, -0.1) is 0 Å². The fraction of sp³-hybridized carbons (Fsp3) is 0.167. The molecule has 0 radical (unpaired) electrons. The SMILES string of the molecule is CC(C(=O)C(O)COP(=O)(O)O)=C(c1ccccc1)c1ccccc1. The fourth-order valence-corrected chi connectivity index (χ4v) is 2.76. The molecule has 0 aliphatic rings. The van der Waals surface area contributed by atoms with Gasteiger partial charge < -0.3 is 14.9 Å². The van der Waals surface area contributed by atoms with Gasteiger partial charge in [0.2, 0.25) is 0 Å². The van der Waals surface area contributed by atoms with Gasteiger partial charge >= 0.3 is 7.82 Å². The van der Waals surface area contributed by atoms with E-state index in [1.807, 2.05) is 60.7 Å². The number of Topliss-reactive ketones (excluding diaryl/α,β-unsaturated/α-hetero) is 1. The number of aliphatic hydroxyl groups is 1. The topological polar surface area (TPSA) is 104 Å². The van der Waals surface area contributed by atoms with E-state index in [1.165, 1.54) is 0 Å². The molecule has 6 nitrogen and oxygen atoms in total. The van der Waals surface area contributed by atoms with E-state index in [0.717, 1.165) is 11.1 Å². The molecular weight excluding hydrogens is 343 g/mol. The van der Waals surface area contributed by atoms with Gasteiger partial charge in [0, 0.05) is 5.57 Å². The van der Waals surface area contributed by atoms with Gasteiger partial charge in [-0.2, -0.15) is 0 Å². The number of ketones is 1. The third-order valence-electron chi connectivity index (χ3n) is 3.57. The van der Waals surface area contributed by atoms with Gasteiger partial charge in [-0.3, -0.25) is 9.32 Å². The predicted molar refractivity (Wildman–Crippen MR) is 93.6 cm³/mol. The van der Waals surface area contributed by atoms with E-state index in [9.17, 15) is 14.5 Å². The van der Waals surface area contributed by atoms with Crippen molar-refractivity contribution in [3.05, 3.63) is 77.4 Å². The summed E-state index contributed by atoms with van der Waals surface area (Å²) in [6, 6.07) is 18.4. The Labute approximate surface area is 145 Å². The van der Waals surface area contributed by atoms with Crippen LogP contribution < -0.4 is 0 Å². The summed E-state index contributed by atoms with van der Waals surface area (Å²) >= 11 is 0. The van der Waals surface area contributed by atoms with Crippen molar-refractivity contribution < 1.29 is 28.8 Å². The number of carbonyl (C=O) groups excluding carboxylic acids is 1. The van der Waals surface area contributed by atoms with Crippen molar-refractivity contribution in [2.75, 3.05) is 6.61 Å². The number of hydrogen-bond acceptors (Lipinski definition) is 4. The molecule has 0 saturated carbocycles. The monoisotopic (exact) mass is 362 g/mol. The van der Waals surface area contributed by atoms with Crippen molar-refractivity contribution in [2.24, 2.45) is 0 Å². The molecule has 3 N–H and O–H groups in total. The second-order valence-electron chi connectivity index (χ2n) is 5.40. The van der Waals surface area contributed by atoms with Crippen LogP contribution in [0.3, 0.4) is 0 Å². The normalized spacial score (nSPS) is 12.5. The molecule has 0 heterocycles. The Hall–Kier alpha value is -2.08. The Morgan fingerprint density at radius 3 is 1.84 bits per heavy atom. The van der Waals surface area contributed by atoms with Crippen LogP contribution in [-0.4, -0.2) is 33.4 Å². The summed E-state index contributed by atoms with van der Waals surface area (Å²) in [5.74, 6) is -0.656. The van der Waals surface area contributed by atoms with Crippen molar-refractivity contribution in [1.29, 1.82) is 0 Å². The lowest BCUT2D eigenvalue weighted by Gasteiger charge is -2.16. The summed E-state index contributed by atoms with van der Waals surface area (Å²) in [5.41, 5.74) is 2.51. The maximum absolute atomic E-state index is 12.5. The van der Waals surface area contributed by atoms with Crippen molar-refractivity contribution >= 4 is 19.2 Å². The summed E-state index contributed by atoms with van der Waals surface area (Å²) in [7, 11) is -4.76. The third kappa shape index (κ3) is 5.46. The van der Waals surface area contributed by atoms with Crippen molar-refractivity contribution in [3.8, 4) is 0 Å². The molecule has 2 rings (SSSR count). The molecule has 7 heteroatoms. The van der Waals surface area contributed by atoms with Crippen LogP contribution >= 0.6 is 7.82 Å². The molecule has 0 aromatic heterocycles. The largest absolute Gasteiger partial charge is 0.469 e. The van der Waals surface area contributed by atoms with Gasteiger partial charge in [-0.1, -0.05) is 60.7 Å². The molecule has 2 aromatic rings. The Kier molecular flexibility index (Phi) is 6.42. The lowest BCUT2D eigenvalue weighted by atomic mass is 9.91. The van der Waals surface area contributed by atoms with E-state index in [4.69, 9.17) is 9.79 Å². The van der Waals surface area contributed by atoms with Gasteiger partial charge in [0.05, 0.1) is 6.61 Å². The van der Waals surface area contributed by atoms with Gasteiger partial charge in [0.1, 0.15) is 6.10 Å². The molecule has 1 unspecified atom stereocenters. The lowest BCUT2D eigenvalue weighted by Crippen LogP contribution is -2.27. The zero-order valence-corrected chi connectivity index (χ0v) is 14.5. The number of carbonyl (C=O) groups is 1. The molecule has 25 heavy (non-hydrogen) atoms. The standard InChI is InChI=1S/C18H19O6P/c1-13(18(20)16(19)12-24-25(21,22)23)17(14-8-4-2-5-9-14)15-10-6-3-7-11-15/h2-11,16,19H,12H2,1H3,(H2,21,22,23). The van der Waals surface area contributed by atoms with E-state index >= 15 is 0 Å². The zero-order valence-electron chi connectivity index (χ0n) is 13.6. The minimum absolute atomic E-state index is 0.277. The van der Waals surface area contributed by atoms with Crippen LogP contribution in [0.5, 0.6) is 0 Å². The van der Waals surface area contributed by atoms with Crippen LogP contribution in [0.15, 0.2) is 66.2 Å². The van der Waals surface area contributed by atoms with Gasteiger partial charge in [-0.25, -0.2) is 4.57 Å². The van der Waals surface area contributed by atoms with Gasteiger partial charge in [-0.05, 0) is 23.6 Å². The van der Waals surface area contributed by atoms with Gasteiger partial charge in [0.25, 0.3) is 0 Å². The minimum Gasteiger partial charge on any atom is -0.382 e. The summed E-state index contributed by atoms with van der Waals surface area (Å²) in [5, 5.41) is 9.94. The molecule has 0 saturated heterocycles. The van der Waals surface area contributed by atoms with Crippen molar-refractivity contribution in [2.45, 2.75) is 13.0 Å². The predicted octanol–water partition coefficient (Wildman–Crippen LogP) is 2.55. The van der Waals surface area contributed by atoms with Crippen LogP contribution in [0.25, 0.3) is 5.57 Å². The highest BCUT2D eigenvalue weighted by Crippen LogP contribution is 2.36. The quantitative estimate of drug-likeness (QED) is 0.517. The summed E-state index contributed by atoms with van der Waals surface area (Å²) in [6.45, 7) is 0.787. The summed E-state index contributed by atoms with van der Waals surface area (Å²) in [4.78, 5) is 29.9. The zero-order chi connectivity index (χ0) is 18.4. The molecule has 0 bridgehead atoms. The maximum Gasteiger partial charge on any atom is 0.469 e. The Morgan fingerprint density at radius 2 is 1.44 bits per heavy atom. The number of rotatable bonds is 7. The first-order chi connectivity index (χ1) is 11.8. The Morgan fingerprint density at radius 1 is 1.00 bits per heavy atom. The third-order valence-corrected chi connectivity index (χ3v) is 4.06. The second-order valence-corrected chi connectivity index (χ2v) is 6.64. The molecule has 0 amide bonds. The lowest BCUT2D eigenvalue weighted by molar-refractivity contribution is -0.124. The number of phosphoric ester groups is 1. The Bertz CT molecular complexity index is 753. The fourth-order valence-electron chi connectivity index (χ4n) is 2.43. The van der Waals surface area contributed by atoms with Gasteiger partial charge in [0.15, 0.2) is 5.78 Å². The number of benzene rings is 2. The molecule has 0 aliphatic heterocycles. The summed E-state index contributed by atoms with van der Waals surface area (Å²) < 4.78 is 15.0. The molecule has 0 spiro atoms. The first kappa shape index (κ1) is 19.2. The molecule has 2 aromatic carbocycles. The van der Waals surface area contributed by atoms with Crippen LogP contribution in [0.1, 0.15) is 18.1 Å². The first-order valence-electron chi connectivity index (χ1n) is 7.53. The minimum atomic E-state index is -4.76. The van der Waals surface area contributed by atoms with E-state index in [2.05, 4.69) is 4.52 Å². The van der Waals surface area contributed by atoms with Crippen LogP contribution in [0.4, 0.5) is 0 Å². The number of aliphatic hydroxyl groups excluding tert-OH is 1. The number of phosphoric acid groups is 1. The van der Waals surface area contributed by atoms with Crippen LogP contribution in [0, 0.1) is 0 Å². The van der Waals surface area contributed by atoms with E-state index in [0.29, 0.717) is 5.57 Å². The van der Waals surface area contributed by atoms with Crippen LogP contribution in [0.2, 0.25) is 0 Å². The van der Waals surface area contributed by atoms with E-state index in [1.54, 1.807) is 6.92 Å².